The molecule has 6 rings (SSSR count). The van der Waals surface area contributed by atoms with Crippen LogP contribution in [0.2, 0.25) is 0 Å². The molecular weight excluding hydrogens is 568 g/mol. The maximum Gasteiger partial charge on any atom is 0.338 e. The Bertz CT molecular complexity index is 2080. The van der Waals surface area contributed by atoms with E-state index in [1.54, 1.807) is 4.57 Å². The third-order valence-corrected chi connectivity index (χ3v) is 8.76. The van der Waals surface area contributed by atoms with Crippen LogP contribution < -0.4 is 19.6 Å². The van der Waals surface area contributed by atoms with Crippen molar-refractivity contribution in [2.24, 2.45) is 4.99 Å². The molecule has 5 aromatic rings. The van der Waals surface area contributed by atoms with E-state index in [0.29, 0.717) is 40.1 Å². The predicted octanol–water partition coefficient (Wildman–Crippen LogP) is 6.26. The second kappa shape index (κ2) is 12.7. The summed E-state index contributed by atoms with van der Waals surface area (Å²) in [5.41, 5.74) is 4.58. The summed E-state index contributed by atoms with van der Waals surface area (Å²) >= 11 is 1.32. The molecule has 0 N–H and O–H groups in total. The molecule has 0 amide bonds. The third kappa shape index (κ3) is 5.54. The van der Waals surface area contributed by atoms with Crippen molar-refractivity contribution in [2.75, 3.05) is 7.11 Å². The number of methoxy groups -OCH3 is 1. The van der Waals surface area contributed by atoms with E-state index in [-0.39, 0.29) is 5.56 Å². The minimum absolute atomic E-state index is 0.208. The van der Waals surface area contributed by atoms with Crippen LogP contribution >= 0.6 is 11.3 Å². The lowest BCUT2D eigenvalue weighted by Crippen LogP contribution is -2.40. The van der Waals surface area contributed by atoms with Gasteiger partial charge in [-0.1, -0.05) is 103 Å². The van der Waals surface area contributed by atoms with E-state index in [2.05, 4.69) is 30.8 Å². The largest absolute Gasteiger partial charge is 0.489 e. The highest BCUT2D eigenvalue weighted by atomic mass is 32.1. The summed E-state index contributed by atoms with van der Waals surface area (Å²) in [4.78, 5) is 32.3. The fourth-order valence-electron chi connectivity index (χ4n) is 5.69. The number of aromatic nitrogens is 1. The molecule has 0 aliphatic carbocycles. The molecule has 7 heteroatoms. The zero-order valence-electron chi connectivity index (χ0n) is 24.7. The topological polar surface area (TPSA) is 69.9 Å². The lowest BCUT2D eigenvalue weighted by Gasteiger charge is -2.25. The van der Waals surface area contributed by atoms with Crippen LogP contribution in [0.1, 0.15) is 41.6 Å². The van der Waals surface area contributed by atoms with E-state index >= 15 is 0 Å². The normalized spacial score (nSPS) is 14.7. The Hall–Kier alpha value is -5.01. The summed E-state index contributed by atoms with van der Waals surface area (Å²) in [5.74, 6) is 0.290. The number of rotatable bonds is 9. The number of ether oxygens (including phenoxy) is 2. The van der Waals surface area contributed by atoms with Gasteiger partial charge in [0, 0.05) is 0 Å². The lowest BCUT2D eigenvalue weighted by molar-refractivity contribution is -0.136. The first-order valence-electron chi connectivity index (χ1n) is 14.5. The van der Waals surface area contributed by atoms with Crippen LogP contribution in [0.5, 0.6) is 5.75 Å². The van der Waals surface area contributed by atoms with E-state index in [1.807, 2.05) is 85.8 Å². The molecule has 2 heterocycles. The van der Waals surface area contributed by atoms with E-state index in [9.17, 15) is 9.59 Å². The van der Waals surface area contributed by atoms with Gasteiger partial charge in [-0.3, -0.25) is 9.36 Å². The van der Waals surface area contributed by atoms with Gasteiger partial charge in [0.25, 0.3) is 5.56 Å². The molecule has 1 aromatic heterocycles. The van der Waals surface area contributed by atoms with Crippen molar-refractivity contribution in [3.05, 3.63) is 157 Å². The number of hydrogen-bond donors (Lipinski definition) is 0. The maximum absolute atomic E-state index is 14.0. The van der Waals surface area contributed by atoms with Gasteiger partial charge in [-0.05, 0) is 64.1 Å². The lowest BCUT2D eigenvalue weighted by atomic mass is 9.95. The van der Waals surface area contributed by atoms with E-state index in [1.165, 1.54) is 29.2 Å². The Morgan fingerprint density at radius 1 is 1.00 bits per heavy atom. The minimum atomic E-state index is -0.627. The van der Waals surface area contributed by atoms with Crippen molar-refractivity contribution in [1.29, 1.82) is 0 Å². The molecule has 220 valence electrons. The van der Waals surface area contributed by atoms with Gasteiger partial charge in [-0.15, -0.1) is 6.58 Å². The molecule has 0 unspecified atom stereocenters. The molecule has 6 nitrogen and oxygen atoms in total. The zero-order valence-corrected chi connectivity index (χ0v) is 25.5. The summed E-state index contributed by atoms with van der Waals surface area (Å²) in [5, 5.41) is 2.35. The molecule has 0 spiro atoms. The molecule has 1 atom stereocenters. The third-order valence-electron chi connectivity index (χ3n) is 7.78. The number of fused-ring (bicyclic) bond motifs is 2. The van der Waals surface area contributed by atoms with E-state index in [0.717, 1.165) is 28.0 Å². The summed E-state index contributed by atoms with van der Waals surface area (Å²) in [6.07, 6.45) is 4.87. The molecule has 0 saturated heterocycles. The number of carbonyl (C=O) groups is 1. The minimum Gasteiger partial charge on any atom is -0.489 e. The number of esters is 1. The van der Waals surface area contributed by atoms with Crippen molar-refractivity contribution < 1.29 is 14.3 Å². The van der Waals surface area contributed by atoms with Gasteiger partial charge in [0.1, 0.15) is 12.4 Å². The monoisotopic (exact) mass is 600 g/mol. The summed E-state index contributed by atoms with van der Waals surface area (Å²) in [6, 6.07) is 29.4. The van der Waals surface area contributed by atoms with Crippen LogP contribution in [0.3, 0.4) is 0 Å². The second-order valence-electron chi connectivity index (χ2n) is 10.5. The highest BCUT2D eigenvalue weighted by Crippen LogP contribution is 2.32. The molecule has 0 bridgehead atoms. The second-order valence-corrected chi connectivity index (χ2v) is 11.5. The fourth-order valence-corrected chi connectivity index (χ4v) is 6.71. The Balaban J connectivity index is 1.39. The Labute approximate surface area is 259 Å². The first-order chi connectivity index (χ1) is 21.5. The Kier molecular flexibility index (Phi) is 8.39. The molecule has 1 aliphatic heterocycles. The summed E-state index contributed by atoms with van der Waals surface area (Å²) in [7, 11) is 1.35. The van der Waals surface area contributed by atoms with Crippen LogP contribution in [0.15, 0.2) is 125 Å². The first-order valence-corrected chi connectivity index (χ1v) is 15.3. The van der Waals surface area contributed by atoms with Gasteiger partial charge in [0.2, 0.25) is 0 Å². The number of carbonyl (C=O) groups excluding carboxylic acids is 1. The van der Waals surface area contributed by atoms with Gasteiger partial charge in [0.05, 0.1) is 29.0 Å². The number of thiazole rings is 1. The van der Waals surface area contributed by atoms with Crippen molar-refractivity contribution >= 4 is 34.2 Å². The Morgan fingerprint density at radius 3 is 2.55 bits per heavy atom. The predicted molar refractivity (Wildman–Crippen MR) is 175 cm³/mol. The molecule has 0 saturated carbocycles. The highest BCUT2D eigenvalue weighted by molar-refractivity contribution is 7.07. The van der Waals surface area contributed by atoms with Gasteiger partial charge >= 0.3 is 5.97 Å². The van der Waals surface area contributed by atoms with Crippen LogP contribution in [-0.4, -0.2) is 17.6 Å². The number of benzene rings is 4. The number of hydrogen-bond acceptors (Lipinski definition) is 6. The molecule has 0 fully saturated rings. The van der Waals surface area contributed by atoms with Gasteiger partial charge in [-0.25, -0.2) is 9.79 Å². The standard InChI is InChI=1S/C37H32N2O4S/c1-4-12-27-21-24(19-20-31(27)43-23-28-17-11-16-25-13-9-10-18-29(25)28)22-32-35(40)39-34(26-14-7-6-8-15-26)33(36(41)42-3)30(5-2)38-37(39)44-32/h4,6-11,13-22,34H,1,5,12,23H2,2-3H3/b32-22-/t34-/m0/s1. The number of nitrogens with zero attached hydrogens (tertiary/aromatic N) is 2. The van der Waals surface area contributed by atoms with Crippen molar-refractivity contribution in [3.63, 3.8) is 0 Å². The quantitative estimate of drug-likeness (QED) is 0.148. The first kappa shape index (κ1) is 29.1. The molecule has 1 aliphatic rings. The highest BCUT2D eigenvalue weighted by Gasteiger charge is 2.33. The van der Waals surface area contributed by atoms with Crippen LogP contribution in [0.4, 0.5) is 0 Å². The molecule has 4 aromatic carbocycles. The molecule has 44 heavy (non-hydrogen) atoms. The molecule has 0 radical (unpaired) electrons. The van der Waals surface area contributed by atoms with Crippen molar-refractivity contribution in [2.45, 2.75) is 32.4 Å². The average Bonchev–Trinajstić information content (AvgIpc) is 3.37. The van der Waals surface area contributed by atoms with Crippen molar-refractivity contribution in [3.8, 4) is 5.75 Å². The van der Waals surface area contributed by atoms with Gasteiger partial charge in [-0.2, -0.15) is 0 Å². The van der Waals surface area contributed by atoms with Crippen LogP contribution in [-0.2, 0) is 22.6 Å². The maximum atomic E-state index is 14.0. The summed E-state index contributed by atoms with van der Waals surface area (Å²) in [6.45, 7) is 6.32. The fraction of sp³-hybridized carbons (Fsp3) is 0.162. The van der Waals surface area contributed by atoms with E-state index < -0.39 is 12.0 Å². The Morgan fingerprint density at radius 2 is 1.77 bits per heavy atom. The van der Waals surface area contributed by atoms with Crippen LogP contribution in [0.25, 0.3) is 16.8 Å². The average molecular weight is 601 g/mol. The van der Waals surface area contributed by atoms with Crippen molar-refractivity contribution in [1.82, 2.24) is 4.57 Å². The SMILES string of the molecule is C=CCc1cc(/C=c2\sc3n(c2=O)[C@@H](c2ccccc2)C(C(=O)OC)=C(CC)N=3)ccc1OCc1cccc2ccccc12. The number of allylic oxidation sites excluding steroid dienone is 2. The van der Waals surface area contributed by atoms with Crippen LogP contribution in [0, 0.1) is 0 Å². The van der Waals surface area contributed by atoms with Gasteiger partial charge < -0.3 is 9.47 Å². The summed E-state index contributed by atoms with van der Waals surface area (Å²) < 4.78 is 13.6. The zero-order chi connectivity index (χ0) is 30.6. The van der Waals surface area contributed by atoms with Gasteiger partial charge in [0.15, 0.2) is 4.80 Å². The molecular formula is C37H32N2O4S. The van der Waals surface area contributed by atoms with E-state index in [4.69, 9.17) is 14.5 Å². The smallest absolute Gasteiger partial charge is 0.338 e.